The second-order valence-electron chi connectivity index (χ2n) is 5.29. The highest BCUT2D eigenvalue weighted by Gasteiger charge is 2.18. The Labute approximate surface area is 137 Å². The summed E-state index contributed by atoms with van der Waals surface area (Å²) in [7, 11) is 0. The molecule has 1 saturated heterocycles. The van der Waals surface area contributed by atoms with E-state index in [1.165, 1.54) is 21.9 Å². The molecule has 0 amide bonds. The van der Waals surface area contributed by atoms with Crippen LogP contribution in [-0.4, -0.2) is 28.6 Å². The van der Waals surface area contributed by atoms with Gasteiger partial charge in [-0.3, -0.25) is 0 Å². The first-order valence-electron chi connectivity index (χ1n) is 7.06. The topological polar surface area (TPSA) is 27.1 Å². The van der Waals surface area contributed by atoms with Crippen LogP contribution in [0.15, 0.2) is 18.2 Å². The van der Waals surface area contributed by atoms with Crippen molar-refractivity contribution in [2.75, 3.05) is 19.1 Å². The average Bonchev–Trinajstić information content (AvgIpc) is 2.77. The predicted octanol–water partition coefficient (Wildman–Crippen LogP) is 3.85. The maximum atomic E-state index is 5.93. The van der Waals surface area contributed by atoms with Crippen LogP contribution in [0.4, 0.5) is 0 Å². The van der Waals surface area contributed by atoms with Crippen LogP contribution >= 0.6 is 34.2 Å². The summed E-state index contributed by atoms with van der Waals surface area (Å²) in [6.45, 7) is 2.77. The zero-order chi connectivity index (χ0) is 13.9. The SMILES string of the molecule is ClCCc1nc2cc(I)ccc2n1CC1CCCOC1. The van der Waals surface area contributed by atoms with Crippen molar-refractivity contribution < 1.29 is 4.74 Å². The molecule has 1 unspecified atom stereocenters. The monoisotopic (exact) mass is 404 g/mol. The molecular weight excluding hydrogens is 387 g/mol. The molecule has 1 atom stereocenters. The van der Waals surface area contributed by atoms with Crippen LogP contribution in [-0.2, 0) is 17.7 Å². The van der Waals surface area contributed by atoms with E-state index < -0.39 is 0 Å². The van der Waals surface area contributed by atoms with Crippen molar-refractivity contribution in [3.05, 3.63) is 27.6 Å². The zero-order valence-electron chi connectivity index (χ0n) is 11.3. The molecule has 0 saturated carbocycles. The van der Waals surface area contributed by atoms with Crippen molar-refractivity contribution in [2.45, 2.75) is 25.8 Å². The molecule has 0 spiro atoms. The highest BCUT2D eigenvalue weighted by atomic mass is 127. The molecule has 0 bridgehead atoms. The van der Waals surface area contributed by atoms with Gasteiger partial charge in [0.15, 0.2) is 0 Å². The van der Waals surface area contributed by atoms with Crippen LogP contribution in [0, 0.1) is 9.49 Å². The van der Waals surface area contributed by atoms with E-state index in [1.807, 2.05) is 0 Å². The van der Waals surface area contributed by atoms with Crippen LogP contribution in [0.25, 0.3) is 11.0 Å². The lowest BCUT2D eigenvalue weighted by atomic mass is 10.0. The summed E-state index contributed by atoms with van der Waals surface area (Å²) in [6, 6.07) is 6.45. The van der Waals surface area contributed by atoms with Gasteiger partial charge in [0.1, 0.15) is 5.82 Å². The van der Waals surface area contributed by atoms with Gasteiger partial charge in [-0.05, 0) is 53.6 Å². The third kappa shape index (κ3) is 3.12. The van der Waals surface area contributed by atoms with Gasteiger partial charge >= 0.3 is 0 Å². The van der Waals surface area contributed by atoms with Crippen molar-refractivity contribution in [3.8, 4) is 0 Å². The van der Waals surface area contributed by atoms with Gasteiger partial charge in [0.25, 0.3) is 0 Å². The first-order valence-corrected chi connectivity index (χ1v) is 8.67. The second kappa shape index (κ2) is 6.62. The van der Waals surface area contributed by atoms with Crippen LogP contribution in [0.3, 0.4) is 0 Å². The van der Waals surface area contributed by atoms with E-state index in [0.29, 0.717) is 11.8 Å². The minimum absolute atomic E-state index is 0.592. The number of alkyl halides is 1. The molecule has 0 N–H and O–H groups in total. The Balaban J connectivity index is 1.95. The fraction of sp³-hybridized carbons (Fsp3) is 0.533. The second-order valence-corrected chi connectivity index (χ2v) is 6.92. The summed E-state index contributed by atoms with van der Waals surface area (Å²) in [5.74, 6) is 2.30. The van der Waals surface area contributed by atoms with E-state index in [0.717, 1.165) is 37.5 Å². The quantitative estimate of drug-likeness (QED) is 0.572. The summed E-state index contributed by atoms with van der Waals surface area (Å²) >= 11 is 8.26. The van der Waals surface area contributed by atoms with Gasteiger partial charge in [-0.15, -0.1) is 11.6 Å². The molecule has 1 aliphatic heterocycles. The first-order chi connectivity index (χ1) is 9.78. The Morgan fingerprint density at radius 1 is 1.45 bits per heavy atom. The van der Waals surface area contributed by atoms with Crippen molar-refractivity contribution >= 4 is 45.2 Å². The van der Waals surface area contributed by atoms with E-state index in [9.17, 15) is 0 Å². The van der Waals surface area contributed by atoms with Crippen molar-refractivity contribution in [1.29, 1.82) is 0 Å². The highest BCUT2D eigenvalue weighted by molar-refractivity contribution is 14.1. The lowest BCUT2D eigenvalue weighted by Crippen LogP contribution is -2.23. The molecule has 0 radical (unpaired) electrons. The number of aryl methyl sites for hydroxylation is 1. The molecule has 2 aromatic rings. The number of halogens is 2. The van der Waals surface area contributed by atoms with E-state index in [2.05, 4.69) is 45.4 Å². The predicted molar refractivity (Wildman–Crippen MR) is 90.4 cm³/mol. The lowest BCUT2D eigenvalue weighted by Gasteiger charge is -2.23. The van der Waals surface area contributed by atoms with Gasteiger partial charge < -0.3 is 9.30 Å². The molecule has 3 rings (SSSR count). The van der Waals surface area contributed by atoms with Gasteiger partial charge in [-0.25, -0.2) is 4.98 Å². The molecule has 1 aromatic heterocycles. The maximum absolute atomic E-state index is 5.93. The van der Waals surface area contributed by atoms with Crippen molar-refractivity contribution in [3.63, 3.8) is 0 Å². The molecule has 0 aliphatic carbocycles. The molecule has 5 heteroatoms. The Kier molecular flexibility index (Phi) is 4.83. The number of hydrogen-bond donors (Lipinski definition) is 0. The standard InChI is InChI=1S/C15H18ClIN2O/c16-6-5-15-18-13-8-12(17)3-4-14(13)19(15)9-11-2-1-7-20-10-11/h3-4,8,11H,1-2,5-7,9-10H2. The number of nitrogens with zero attached hydrogens (tertiary/aromatic N) is 2. The number of imidazole rings is 1. The summed E-state index contributed by atoms with van der Waals surface area (Å²) < 4.78 is 9.16. The van der Waals surface area contributed by atoms with Crippen molar-refractivity contribution in [2.24, 2.45) is 5.92 Å². The van der Waals surface area contributed by atoms with Crippen LogP contribution in [0.2, 0.25) is 0 Å². The number of aromatic nitrogens is 2. The lowest BCUT2D eigenvalue weighted by molar-refractivity contribution is 0.0485. The zero-order valence-corrected chi connectivity index (χ0v) is 14.2. The van der Waals surface area contributed by atoms with Gasteiger partial charge in [-0.2, -0.15) is 0 Å². The van der Waals surface area contributed by atoms with Crippen molar-refractivity contribution in [1.82, 2.24) is 9.55 Å². The Bertz CT molecular complexity index is 593. The van der Waals surface area contributed by atoms with Crippen LogP contribution < -0.4 is 0 Å². The van der Waals surface area contributed by atoms with Gasteiger partial charge in [0.05, 0.1) is 17.6 Å². The number of rotatable bonds is 4. The number of benzene rings is 1. The minimum Gasteiger partial charge on any atom is -0.381 e. The molecule has 20 heavy (non-hydrogen) atoms. The molecule has 3 nitrogen and oxygen atoms in total. The summed E-state index contributed by atoms with van der Waals surface area (Å²) in [4.78, 5) is 4.76. The van der Waals surface area contributed by atoms with Gasteiger partial charge in [-0.1, -0.05) is 0 Å². The van der Waals surface area contributed by atoms with Gasteiger partial charge in [0.2, 0.25) is 0 Å². The largest absolute Gasteiger partial charge is 0.381 e. The fourth-order valence-corrected chi connectivity index (χ4v) is 3.49. The molecular formula is C15H18ClIN2O. The normalized spacial score (nSPS) is 19.6. The Morgan fingerprint density at radius 2 is 2.35 bits per heavy atom. The van der Waals surface area contributed by atoms with Gasteiger partial charge in [0, 0.05) is 34.9 Å². The maximum Gasteiger partial charge on any atom is 0.111 e. The van der Waals surface area contributed by atoms with E-state index in [1.54, 1.807) is 0 Å². The molecule has 1 fully saturated rings. The van der Waals surface area contributed by atoms with E-state index in [4.69, 9.17) is 21.3 Å². The summed E-state index contributed by atoms with van der Waals surface area (Å²) in [5.41, 5.74) is 2.30. The molecule has 2 heterocycles. The van der Waals surface area contributed by atoms with Crippen LogP contribution in [0.5, 0.6) is 0 Å². The smallest absolute Gasteiger partial charge is 0.111 e. The summed E-state index contributed by atoms with van der Waals surface area (Å²) in [6.07, 6.45) is 3.23. The van der Waals surface area contributed by atoms with E-state index >= 15 is 0 Å². The minimum atomic E-state index is 0.592. The number of fused-ring (bicyclic) bond motifs is 1. The highest BCUT2D eigenvalue weighted by Crippen LogP contribution is 2.23. The third-order valence-electron chi connectivity index (χ3n) is 3.80. The third-order valence-corrected chi connectivity index (χ3v) is 4.66. The molecule has 1 aliphatic rings. The van der Waals surface area contributed by atoms with E-state index in [-0.39, 0.29) is 0 Å². The first kappa shape index (κ1) is 14.6. The fourth-order valence-electron chi connectivity index (χ4n) is 2.84. The average molecular weight is 405 g/mol. The summed E-state index contributed by atoms with van der Waals surface area (Å²) in [5, 5.41) is 0. The number of hydrogen-bond acceptors (Lipinski definition) is 2. The van der Waals surface area contributed by atoms with Crippen LogP contribution in [0.1, 0.15) is 18.7 Å². The molecule has 1 aromatic carbocycles. The molecule has 108 valence electrons. The Morgan fingerprint density at radius 3 is 3.10 bits per heavy atom. The Hall–Kier alpha value is -0.330. The number of ether oxygens (including phenoxy) is 1.